The summed E-state index contributed by atoms with van der Waals surface area (Å²) in [6.45, 7) is 6.15. The molecular weight excluding hydrogens is 404 g/mol. The molecule has 1 fully saturated rings. The molecule has 1 unspecified atom stereocenters. The minimum atomic E-state index is -0.652. The molecule has 0 aliphatic carbocycles. The lowest BCUT2D eigenvalue weighted by atomic mass is 10.0. The summed E-state index contributed by atoms with van der Waals surface area (Å²) in [4.78, 5) is 34.2. The molecule has 166 valence electrons. The lowest BCUT2D eigenvalue weighted by molar-refractivity contribution is -0.131. The van der Waals surface area contributed by atoms with Gasteiger partial charge in [0, 0.05) is 36.7 Å². The van der Waals surface area contributed by atoms with Gasteiger partial charge in [-0.25, -0.2) is 0 Å². The van der Waals surface area contributed by atoms with E-state index in [4.69, 9.17) is 10.5 Å². The molecule has 0 spiro atoms. The van der Waals surface area contributed by atoms with Crippen molar-refractivity contribution in [2.24, 2.45) is 5.73 Å². The molecule has 2 N–H and O–H groups in total. The first-order valence-electron chi connectivity index (χ1n) is 10.8. The van der Waals surface area contributed by atoms with E-state index in [9.17, 15) is 9.59 Å². The first-order chi connectivity index (χ1) is 15.4. The highest BCUT2D eigenvalue weighted by atomic mass is 16.5. The van der Waals surface area contributed by atoms with Crippen molar-refractivity contribution in [3.05, 3.63) is 65.4 Å². The van der Waals surface area contributed by atoms with Gasteiger partial charge in [-0.05, 0) is 43.7 Å². The van der Waals surface area contributed by atoms with Gasteiger partial charge >= 0.3 is 0 Å². The van der Waals surface area contributed by atoms with E-state index in [0.29, 0.717) is 35.4 Å². The molecule has 1 aliphatic heterocycles. The van der Waals surface area contributed by atoms with Crippen molar-refractivity contribution in [1.29, 1.82) is 0 Å². The number of nitrogens with zero attached hydrogens (tertiary/aromatic N) is 3. The van der Waals surface area contributed by atoms with Crippen molar-refractivity contribution in [3.8, 4) is 5.75 Å². The Morgan fingerprint density at radius 2 is 1.94 bits per heavy atom. The number of amides is 2. The second-order valence-electron chi connectivity index (χ2n) is 8.25. The third-order valence-electron chi connectivity index (χ3n) is 6.00. The van der Waals surface area contributed by atoms with Gasteiger partial charge in [-0.2, -0.15) is 0 Å². The van der Waals surface area contributed by atoms with Crippen LogP contribution < -0.4 is 15.4 Å². The fourth-order valence-electron chi connectivity index (χ4n) is 4.45. The molecule has 3 aromatic rings. The van der Waals surface area contributed by atoms with Crippen LogP contribution in [0.15, 0.2) is 48.5 Å². The fraction of sp³-hybridized carbons (Fsp3) is 0.320. The molecule has 2 amide bonds. The van der Waals surface area contributed by atoms with Gasteiger partial charge in [0.15, 0.2) is 0 Å². The number of carbonyl (C=O) groups excluding carboxylic acids is 2. The number of primary amides is 1. The lowest BCUT2D eigenvalue weighted by Crippen LogP contribution is -2.54. The average molecular weight is 433 g/mol. The number of pyridine rings is 1. The first-order valence-corrected chi connectivity index (χ1v) is 10.8. The van der Waals surface area contributed by atoms with E-state index < -0.39 is 5.91 Å². The number of nitrogens with two attached hydrogens (primary N) is 1. The normalized spacial score (nSPS) is 16.3. The zero-order valence-corrected chi connectivity index (χ0v) is 18.7. The van der Waals surface area contributed by atoms with Crippen LogP contribution in [0.5, 0.6) is 5.75 Å². The Kier molecular flexibility index (Phi) is 5.99. The number of rotatable bonds is 5. The summed E-state index contributed by atoms with van der Waals surface area (Å²) >= 11 is 0. The second kappa shape index (κ2) is 8.86. The van der Waals surface area contributed by atoms with Gasteiger partial charge in [-0.15, -0.1) is 0 Å². The number of anilines is 1. The number of fused-ring (bicyclic) bond motifs is 1. The summed E-state index contributed by atoms with van der Waals surface area (Å²) in [6.07, 6.45) is -0.00334. The van der Waals surface area contributed by atoms with Crippen molar-refractivity contribution < 1.29 is 14.3 Å². The monoisotopic (exact) mass is 432 g/mol. The summed E-state index contributed by atoms with van der Waals surface area (Å²) in [7, 11) is 1.49. The van der Waals surface area contributed by atoms with Gasteiger partial charge < -0.3 is 20.3 Å². The molecule has 1 aliphatic rings. The Morgan fingerprint density at radius 3 is 2.62 bits per heavy atom. The van der Waals surface area contributed by atoms with Crippen molar-refractivity contribution in [2.45, 2.75) is 26.3 Å². The molecule has 7 nitrogen and oxygen atoms in total. The summed E-state index contributed by atoms with van der Waals surface area (Å²) < 4.78 is 5.50. The Bertz CT molecular complexity index is 1180. The number of carbonyl (C=O) groups is 2. The molecule has 0 bridgehead atoms. The van der Waals surface area contributed by atoms with E-state index in [0.717, 1.165) is 6.54 Å². The van der Waals surface area contributed by atoms with Crippen molar-refractivity contribution >= 4 is 28.4 Å². The standard InChI is InChI=1S/C25H28N4O3/c1-16-7-6-8-18(13-16)29-12-11-28(15-17(29)2)22(30)14-21-23(25(26)31)24(32-3)19-9-4-5-10-20(19)27-21/h4-10,13,17H,11-12,14-15H2,1-3H3,(H2,26,31). The Balaban J connectivity index is 1.57. The minimum Gasteiger partial charge on any atom is -0.495 e. The number of methoxy groups -OCH3 is 1. The van der Waals surface area contributed by atoms with Crippen molar-refractivity contribution in [2.75, 3.05) is 31.6 Å². The fourth-order valence-corrected chi connectivity index (χ4v) is 4.45. The highest BCUT2D eigenvalue weighted by Crippen LogP contribution is 2.31. The molecular formula is C25H28N4O3. The third-order valence-corrected chi connectivity index (χ3v) is 6.00. The van der Waals surface area contributed by atoms with Crippen LogP contribution in [0.2, 0.25) is 0 Å². The van der Waals surface area contributed by atoms with Crippen LogP contribution >= 0.6 is 0 Å². The molecule has 1 aromatic heterocycles. The smallest absolute Gasteiger partial charge is 0.254 e. The Hall–Kier alpha value is -3.61. The van der Waals surface area contributed by atoms with E-state index >= 15 is 0 Å². The molecule has 2 heterocycles. The van der Waals surface area contributed by atoms with Crippen LogP contribution in [0, 0.1) is 6.92 Å². The van der Waals surface area contributed by atoms with E-state index in [1.807, 2.05) is 29.2 Å². The number of piperazine rings is 1. The molecule has 7 heteroatoms. The zero-order chi connectivity index (χ0) is 22.8. The highest BCUT2D eigenvalue weighted by molar-refractivity contribution is 6.03. The highest BCUT2D eigenvalue weighted by Gasteiger charge is 2.29. The average Bonchev–Trinajstić information content (AvgIpc) is 2.77. The van der Waals surface area contributed by atoms with E-state index in [1.54, 1.807) is 0 Å². The predicted molar refractivity (Wildman–Crippen MR) is 125 cm³/mol. The molecule has 0 saturated carbocycles. The quantitative estimate of drug-likeness (QED) is 0.670. The molecule has 0 radical (unpaired) electrons. The van der Waals surface area contributed by atoms with Crippen LogP contribution in [0.3, 0.4) is 0 Å². The number of para-hydroxylation sites is 1. The van der Waals surface area contributed by atoms with Crippen LogP contribution in [0.4, 0.5) is 5.69 Å². The van der Waals surface area contributed by atoms with Crippen LogP contribution in [-0.2, 0) is 11.2 Å². The number of hydrogen-bond acceptors (Lipinski definition) is 5. The number of aryl methyl sites for hydroxylation is 1. The largest absolute Gasteiger partial charge is 0.495 e. The molecule has 1 saturated heterocycles. The molecule has 2 aromatic carbocycles. The van der Waals surface area contributed by atoms with Crippen molar-refractivity contribution in [1.82, 2.24) is 9.88 Å². The van der Waals surface area contributed by atoms with Gasteiger partial charge in [0.05, 0.1) is 24.7 Å². The minimum absolute atomic E-state index is 0.00334. The van der Waals surface area contributed by atoms with Crippen LogP contribution in [0.25, 0.3) is 10.9 Å². The van der Waals surface area contributed by atoms with E-state index in [2.05, 4.69) is 48.0 Å². The maximum atomic E-state index is 13.2. The summed E-state index contributed by atoms with van der Waals surface area (Å²) in [5.74, 6) is -0.364. The zero-order valence-electron chi connectivity index (χ0n) is 18.7. The van der Waals surface area contributed by atoms with Gasteiger partial charge in [-0.1, -0.05) is 24.3 Å². The van der Waals surface area contributed by atoms with Crippen LogP contribution in [0.1, 0.15) is 28.5 Å². The van der Waals surface area contributed by atoms with Crippen molar-refractivity contribution in [3.63, 3.8) is 0 Å². The van der Waals surface area contributed by atoms with Gasteiger partial charge in [0.25, 0.3) is 5.91 Å². The number of benzene rings is 2. The topological polar surface area (TPSA) is 88.8 Å². The lowest BCUT2D eigenvalue weighted by Gasteiger charge is -2.41. The summed E-state index contributed by atoms with van der Waals surface area (Å²) in [5, 5.41) is 0.695. The SMILES string of the molecule is COc1c(C(N)=O)c(CC(=O)N2CCN(c3cccc(C)c3)C(C)C2)nc2ccccc12. The van der Waals surface area contributed by atoms with Crippen LogP contribution in [-0.4, -0.2) is 54.5 Å². The number of ether oxygens (including phenoxy) is 1. The van der Waals surface area contributed by atoms with Gasteiger partial charge in [0.2, 0.25) is 5.91 Å². The number of aromatic nitrogens is 1. The Labute approximate surface area is 187 Å². The predicted octanol–water partition coefficient (Wildman–Crippen LogP) is 2.93. The van der Waals surface area contributed by atoms with E-state index in [1.165, 1.54) is 18.4 Å². The maximum Gasteiger partial charge on any atom is 0.254 e. The summed E-state index contributed by atoms with van der Waals surface area (Å²) in [5.41, 5.74) is 9.23. The third kappa shape index (κ3) is 4.10. The van der Waals surface area contributed by atoms with Gasteiger partial charge in [-0.3, -0.25) is 14.6 Å². The molecule has 4 rings (SSSR count). The van der Waals surface area contributed by atoms with Gasteiger partial charge in [0.1, 0.15) is 11.3 Å². The maximum absolute atomic E-state index is 13.2. The van der Waals surface area contributed by atoms with E-state index in [-0.39, 0.29) is 23.9 Å². The second-order valence-corrected chi connectivity index (χ2v) is 8.25. The molecule has 1 atom stereocenters. The summed E-state index contributed by atoms with van der Waals surface area (Å²) in [6, 6.07) is 15.9. The number of hydrogen-bond donors (Lipinski definition) is 1. The first kappa shape index (κ1) is 21.6. The molecule has 32 heavy (non-hydrogen) atoms. The Morgan fingerprint density at radius 1 is 1.16 bits per heavy atom.